The minimum Gasteiger partial charge on any atom is -0.465 e. The molecule has 0 aliphatic heterocycles. The molecule has 0 saturated heterocycles. The van der Waals surface area contributed by atoms with E-state index in [0.717, 1.165) is 44.9 Å². The summed E-state index contributed by atoms with van der Waals surface area (Å²) in [5.74, 6) is 0.202. The summed E-state index contributed by atoms with van der Waals surface area (Å²) in [6, 6.07) is 0. The summed E-state index contributed by atoms with van der Waals surface area (Å²) in [7, 11) is 0. The largest absolute Gasteiger partial charge is 0.465 e. The molecule has 0 aliphatic rings. The lowest BCUT2D eigenvalue weighted by atomic mass is 10.0. The highest BCUT2D eigenvalue weighted by atomic mass is 16.5. The van der Waals surface area contributed by atoms with Crippen LogP contribution < -0.4 is 0 Å². The second kappa shape index (κ2) is 22.4. The quantitative estimate of drug-likeness (QED) is 0.113. The van der Waals surface area contributed by atoms with E-state index >= 15 is 0 Å². The molecule has 0 rings (SSSR count). The fourth-order valence-corrected chi connectivity index (χ4v) is 3.71. The lowest BCUT2D eigenvalue weighted by molar-refractivity contribution is -0.150. The fourth-order valence-electron chi connectivity index (χ4n) is 3.71. The standard InChI is InChI=1S/C28H52O5/c1-5-7-8-15-18-26(33-28(31)22-21-25(4)29)19-16-13-11-9-10-12-14-17-20-27(30)32-23-24(3)6-2/h24,26H,5-23H2,1-4H3. The predicted molar refractivity (Wildman–Crippen MR) is 135 cm³/mol. The molecule has 0 fully saturated rings. The maximum atomic E-state index is 12.0. The summed E-state index contributed by atoms with van der Waals surface area (Å²) in [4.78, 5) is 34.8. The van der Waals surface area contributed by atoms with Gasteiger partial charge in [-0.15, -0.1) is 0 Å². The zero-order valence-electron chi connectivity index (χ0n) is 22.1. The van der Waals surface area contributed by atoms with Crippen molar-refractivity contribution in [3.63, 3.8) is 0 Å². The van der Waals surface area contributed by atoms with E-state index in [1.54, 1.807) is 0 Å². The van der Waals surface area contributed by atoms with Gasteiger partial charge in [0.2, 0.25) is 0 Å². The number of unbranched alkanes of at least 4 members (excludes halogenated alkanes) is 10. The molecule has 5 nitrogen and oxygen atoms in total. The van der Waals surface area contributed by atoms with E-state index in [1.165, 1.54) is 58.3 Å². The van der Waals surface area contributed by atoms with Gasteiger partial charge in [0.05, 0.1) is 13.0 Å². The van der Waals surface area contributed by atoms with E-state index in [2.05, 4.69) is 20.8 Å². The number of Topliss-reactive ketones (excluding diaryl/α,β-unsaturated/α-hetero) is 1. The highest BCUT2D eigenvalue weighted by Crippen LogP contribution is 2.17. The molecule has 0 aliphatic carbocycles. The van der Waals surface area contributed by atoms with Crippen LogP contribution in [0.2, 0.25) is 0 Å². The average molecular weight is 469 g/mol. The van der Waals surface area contributed by atoms with Gasteiger partial charge in [-0.25, -0.2) is 0 Å². The number of hydrogen-bond acceptors (Lipinski definition) is 5. The SMILES string of the molecule is CCCCCCC(CCCCCCCCCCC(=O)OCC(C)CC)OC(=O)CCC(C)=O. The fraction of sp³-hybridized carbons (Fsp3) is 0.893. The summed E-state index contributed by atoms with van der Waals surface area (Å²) < 4.78 is 11.0. The average Bonchev–Trinajstić information content (AvgIpc) is 2.79. The normalized spacial score (nSPS) is 12.8. The van der Waals surface area contributed by atoms with Gasteiger partial charge in [-0.3, -0.25) is 9.59 Å². The Morgan fingerprint density at radius 3 is 1.76 bits per heavy atom. The molecule has 2 atom stereocenters. The van der Waals surface area contributed by atoms with E-state index in [9.17, 15) is 14.4 Å². The topological polar surface area (TPSA) is 69.7 Å². The van der Waals surface area contributed by atoms with Crippen LogP contribution in [-0.4, -0.2) is 30.4 Å². The molecular formula is C28H52O5. The third-order valence-corrected chi connectivity index (χ3v) is 6.24. The minimum atomic E-state index is -0.227. The Balaban J connectivity index is 3.82. The van der Waals surface area contributed by atoms with Crippen LogP contribution >= 0.6 is 0 Å². The summed E-state index contributed by atoms with van der Waals surface area (Å²) in [5.41, 5.74) is 0. The first kappa shape index (κ1) is 31.6. The van der Waals surface area contributed by atoms with Gasteiger partial charge in [0.1, 0.15) is 11.9 Å². The summed E-state index contributed by atoms with van der Waals surface area (Å²) in [6.45, 7) is 8.47. The van der Waals surface area contributed by atoms with E-state index in [-0.39, 0.29) is 36.7 Å². The number of hydrogen-bond donors (Lipinski definition) is 0. The van der Waals surface area contributed by atoms with Crippen LogP contribution in [0.4, 0.5) is 0 Å². The molecule has 0 bridgehead atoms. The molecule has 5 heteroatoms. The second-order valence-electron chi connectivity index (χ2n) is 9.73. The van der Waals surface area contributed by atoms with Crippen LogP contribution in [0.3, 0.4) is 0 Å². The molecule has 0 aromatic rings. The van der Waals surface area contributed by atoms with Crippen molar-refractivity contribution in [1.82, 2.24) is 0 Å². The van der Waals surface area contributed by atoms with Crippen LogP contribution in [0.1, 0.15) is 143 Å². The number of rotatable bonds is 23. The van der Waals surface area contributed by atoms with E-state index < -0.39 is 0 Å². The number of esters is 2. The lowest BCUT2D eigenvalue weighted by Gasteiger charge is -2.18. The number of carbonyl (C=O) groups excluding carboxylic acids is 3. The Morgan fingerprint density at radius 1 is 0.667 bits per heavy atom. The van der Waals surface area contributed by atoms with Crippen LogP contribution in [0.5, 0.6) is 0 Å². The summed E-state index contributed by atoms with van der Waals surface area (Å²) >= 11 is 0. The molecule has 0 aromatic heterocycles. The Labute approximate surface area is 203 Å². The van der Waals surface area contributed by atoms with E-state index in [1.807, 2.05) is 0 Å². The smallest absolute Gasteiger partial charge is 0.306 e. The number of carbonyl (C=O) groups is 3. The highest BCUT2D eigenvalue weighted by Gasteiger charge is 2.14. The first-order chi connectivity index (χ1) is 15.9. The van der Waals surface area contributed by atoms with E-state index in [4.69, 9.17) is 9.47 Å². The molecule has 194 valence electrons. The minimum absolute atomic E-state index is 0.00128. The van der Waals surface area contributed by atoms with Gasteiger partial charge in [-0.1, -0.05) is 85.0 Å². The monoisotopic (exact) mass is 468 g/mol. The van der Waals surface area contributed by atoms with Gasteiger partial charge in [-0.05, 0) is 44.9 Å². The molecule has 0 amide bonds. The second-order valence-corrected chi connectivity index (χ2v) is 9.73. The molecule has 2 unspecified atom stereocenters. The van der Waals surface area contributed by atoms with Gasteiger partial charge < -0.3 is 14.3 Å². The Kier molecular flexibility index (Phi) is 21.5. The first-order valence-electron chi connectivity index (χ1n) is 13.7. The molecule has 0 spiro atoms. The van der Waals surface area contributed by atoms with Crippen molar-refractivity contribution in [2.45, 2.75) is 149 Å². The van der Waals surface area contributed by atoms with Crippen molar-refractivity contribution in [3.05, 3.63) is 0 Å². The molecular weight excluding hydrogens is 416 g/mol. The van der Waals surface area contributed by atoms with Crippen LogP contribution in [0, 0.1) is 5.92 Å². The summed E-state index contributed by atoms with van der Waals surface area (Å²) in [5, 5.41) is 0. The number of ketones is 1. The van der Waals surface area contributed by atoms with Crippen molar-refractivity contribution >= 4 is 17.7 Å². The van der Waals surface area contributed by atoms with Crippen LogP contribution in [0.25, 0.3) is 0 Å². The highest BCUT2D eigenvalue weighted by molar-refractivity contribution is 5.81. The predicted octanol–water partition coefficient (Wildman–Crippen LogP) is 7.73. The van der Waals surface area contributed by atoms with Gasteiger partial charge in [0.25, 0.3) is 0 Å². The zero-order chi connectivity index (χ0) is 24.7. The molecule has 0 aromatic carbocycles. The first-order valence-corrected chi connectivity index (χ1v) is 13.7. The van der Waals surface area contributed by atoms with Crippen LogP contribution in [-0.2, 0) is 23.9 Å². The van der Waals surface area contributed by atoms with E-state index in [0.29, 0.717) is 18.9 Å². The molecule has 0 N–H and O–H groups in total. The lowest BCUT2D eigenvalue weighted by Crippen LogP contribution is -2.19. The van der Waals surface area contributed by atoms with Crippen molar-refractivity contribution in [2.75, 3.05) is 6.61 Å². The van der Waals surface area contributed by atoms with Gasteiger partial charge >= 0.3 is 11.9 Å². The van der Waals surface area contributed by atoms with Gasteiger partial charge in [0, 0.05) is 12.8 Å². The van der Waals surface area contributed by atoms with Crippen LogP contribution in [0.15, 0.2) is 0 Å². The van der Waals surface area contributed by atoms with Gasteiger partial charge in [-0.2, -0.15) is 0 Å². The molecule has 0 saturated carbocycles. The van der Waals surface area contributed by atoms with Crippen molar-refractivity contribution < 1.29 is 23.9 Å². The maximum absolute atomic E-state index is 12.0. The Morgan fingerprint density at radius 2 is 1.21 bits per heavy atom. The maximum Gasteiger partial charge on any atom is 0.306 e. The number of ether oxygens (including phenoxy) is 2. The third kappa shape index (κ3) is 22.2. The van der Waals surface area contributed by atoms with Gasteiger partial charge in [0.15, 0.2) is 0 Å². The van der Waals surface area contributed by atoms with Crippen molar-refractivity contribution in [3.8, 4) is 0 Å². The Hall–Kier alpha value is -1.39. The van der Waals surface area contributed by atoms with Crippen molar-refractivity contribution in [2.24, 2.45) is 5.92 Å². The zero-order valence-corrected chi connectivity index (χ0v) is 22.1. The van der Waals surface area contributed by atoms with Crippen molar-refractivity contribution in [1.29, 1.82) is 0 Å². The summed E-state index contributed by atoms with van der Waals surface area (Å²) in [6.07, 6.45) is 17.7. The molecule has 0 radical (unpaired) electrons. The third-order valence-electron chi connectivity index (χ3n) is 6.24. The Bertz CT molecular complexity index is 503. The molecule has 33 heavy (non-hydrogen) atoms. The molecule has 0 heterocycles.